The van der Waals surface area contributed by atoms with Crippen LogP contribution in [0, 0.1) is 5.82 Å². The molecule has 2 heterocycles. The minimum atomic E-state index is -0.328. The second kappa shape index (κ2) is 10.1. The molecule has 0 fully saturated rings. The number of nitrogens with one attached hydrogen (secondary N) is 1. The summed E-state index contributed by atoms with van der Waals surface area (Å²) in [5.41, 5.74) is 1.81. The highest BCUT2D eigenvalue weighted by molar-refractivity contribution is 7.12. The first kappa shape index (κ1) is 22.4. The van der Waals surface area contributed by atoms with E-state index >= 15 is 0 Å². The molecule has 1 N–H and O–H groups in total. The third-order valence-corrected chi connectivity index (χ3v) is 5.58. The Balaban J connectivity index is 1.94. The summed E-state index contributed by atoms with van der Waals surface area (Å²) >= 11 is 7.18. The Labute approximate surface area is 184 Å². The van der Waals surface area contributed by atoms with Crippen LogP contribution in [0.4, 0.5) is 4.39 Å². The predicted molar refractivity (Wildman–Crippen MR) is 117 cm³/mol. The van der Waals surface area contributed by atoms with Crippen molar-refractivity contribution in [2.24, 2.45) is 0 Å². The molecule has 0 atom stereocenters. The smallest absolute Gasteiger partial charge is 0.280 e. The van der Waals surface area contributed by atoms with Crippen LogP contribution in [-0.2, 0) is 6.42 Å². The van der Waals surface area contributed by atoms with Gasteiger partial charge in [-0.15, -0.1) is 22.9 Å². The van der Waals surface area contributed by atoms with E-state index in [1.807, 2.05) is 20.8 Å². The Morgan fingerprint density at radius 1 is 1.30 bits per heavy atom. The molecule has 0 aliphatic rings. The van der Waals surface area contributed by atoms with Crippen LogP contribution in [0.15, 0.2) is 34.1 Å². The molecule has 1 aromatic carbocycles. The summed E-state index contributed by atoms with van der Waals surface area (Å²) in [6.45, 7) is 7.33. The molecule has 6 nitrogen and oxygen atoms in total. The average molecular weight is 451 g/mol. The number of alkyl halides is 1. The van der Waals surface area contributed by atoms with Crippen LogP contribution < -0.4 is 5.32 Å². The zero-order chi connectivity index (χ0) is 21.7. The molecule has 30 heavy (non-hydrogen) atoms. The minimum absolute atomic E-state index is 0.0138. The quantitative estimate of drug-likeness (QED) is 0.374. The van der Waals surface area contributed by atoms with E-state index in [0.29, 0.717) is 52.6 Å². The summed E-state index contributed by atoms with van der Waals surface area (Å²) in [7, 11) is 0. The molecule has 9 heteroatoms. The number of hydrogen-bond acceptors (Lipinski definition) is 6. The SMILES string of the molecule is CCN(CCl)CCc1nc(-c2ccc(F)cc2)c(-c2csc(C(=O)NC(C)C)n2)o1. The summed E-state index contributed by atoms with van der Waals surface area (Å²) in [6.07, 6.45) is 0.569. The molecular formula is C21H24ClFN4O2S. The van der Waals surface area contributed by atoms with Gasteiger partial charge >= 0.3 is 0 Å². The van der Waals surface area contributed by atoms with Gasteiger partial charge in [-0.2, -0.15) is 0 Å². The fraction of sp³-hybridized carbons (Fsp3) is 0.381. The molecule has 0 radical (unpaired) electrons. The molecule has 160 valence electrons. The number of halogens is 2. The Bertz CT molecular complexity index is 983. The second-order valence-corrected chi connectivity index (χ2v) is 8.14. The second-order valence-electron chi connectivity index (χ2n) is 7.04. The maximum Gasteiger partial charge on any atom is 0.280 e. The number of likely N-dealkylation sites (N-methyl/N-ethyl adjacent to an activating group) is 1. The average Bonchev–Trinajstić information content (AvgIpc) is 3.36. The lowest BCUT2D eigenvalue weighted by Gasteiger charge is -2.14. The van der Waals surface area contributed by atoms with Crippen LogP contribution in [0.25, 0.3) is 22.7 Å². The van der Waals surface area contributed by atoms with Gasteiger partial charge in [-0.25, -0.2) is 14.4 Å². The third kappa shape index (κ3) is 5.44. The normalized spacial score (nSPS) is 11.4. The number of oxazole rings is 1. The highest BCUT2D eigenvalue weighted by Crippen LogP contribution is 2.33. The number of carbonyl (C=O) groups is 1. The first-order valence-electron chi connectivity index (χ1n) is 9.72. The van der Waals surface area contributed by atoms with E-state index in [1.54, 1.807) is 17.5 Å². The Morgan fingerprint density at radius 3 is 2.67 bits per heavy atom. The number of amides is 1. The van der Waals surface area contributed by atoms with Gasteiger partial charge in [0.25, 0.3) is 5.91 Å². The predicted octanol–water partition coefficient (Wildman–Crippen LogP) is 4.80. The van der Waals surface area contributed by atoms with Gasteiger partial charge in [0.1, 0.15) is 17.2 Å². The van der Waals surface area contributed by atoms with Gasteiger partial charge in [0.2, 0.25) is 0 Å². The van der Waals surface area contributed by atoms with Crippen LogP contribution in [0.5, 0.6) is 0 Å². The van der Waals surface area contributed by atoms with Crippen LogP contribution in [0.3, 0.4) is 0 Å². The molecule has 0 bridgehead atoms. The van der Waals surface area contributed by atoms with Crippen LogP contribution in [0.1, 0.15) is 36.5 Å². The van der Waals surface area contributed by atoms with E-state index in [9.17, 15) is 9.18 Å². The van der Waals surface area contributed by atoms with Crippen molar-refractivity contribution in [3.8, 4) is 22.7 Å². The van der Waals surface area contributed by atoms with Crippen molar-refractivity contribution in [1.82, 2.24) is 20.2 Å². The molecule has 3 rings (SSSR count). The van der Waals surface area contributed by atoms with Crippen LogP contribution in [0.2, 0.25) is 0 Å². The summed E-state index contributed by atoms with van der Waals surface area (Å²) in [5, 5.41) is 4.95. The Morgan fingerprint density at radius 2 is 2.03 bits per heavy atom. The molecule has 1 amide bonds. The van der Waals surface area contributed by atoms with E-state index in [1.165, 1.54) is 23.5 Å². The summed E-state index contributed by atoms with van der Waals surface area (Å²) < 4.78 is 19.4. The van der Waals surface area contributed by atoms with Gasteiger partial charge in [0.05, 0.1) is 6.00 Å². The van der Waals surface area contributed by atoms with E-state index in [-0.39, 0.29) is 17.8 Å². The molecule has 0 aliphatic heterocycles. The van der Waals surface area contributed by atoms with Gasteiger partial charge in [-0.05, 0) is 44.7 Å². The molecule has 2 aromatic heterocycles. The number of benzene rings is 1. The number of aromatic nitrogens is 2. The lowest BCUT2D eigenvalue weighted by Crippen LogP contribution is -2.29. The van der Waals surface area contributed by atoms with E-state index in [0.717, 1.165) is 6.54 Å². The first-order chi connectivity index (χ1) is 14.4. The van der Waals surface area contributed by atoms with Crippen molar-refractivity contribution >= 4 is 28.8 Å². The minimum Gasteiger partial charge on any atom is -0.438 e. The number of rotatable bonds is 9. The van der Waals surface area contributed by atoms with Gasteiger partial charge in [0, 0.05) is 30.0 Å². The van der Waals surface area contributed by atoms with Gasteiger partial charge in [0.15, 0.2) is 16.7 Å². The molecule has 0 unspecified atom stereocenters. The Hall–Kier alpha value is -2.29. The highest BCUT2D eigenvalue weighted by atomic mass is 35.5. The zero-order valence-electron chi connectivity index (χ0n) is 17.1. The lowest BCUT2D eigenvalue weighted by molar-refractivity contribution is 0.0943. The monoisotopic (exact) mass is 450 g/mol. The van der Waals surface area contributed by atoms with Crippen LogP contribution >= 0.6 is 22.9 Å². The molecule has 0 saturated heterocycles. The topological polar surface area (TPSA) is 71.3 Å². The fourth-order valence-electron chi connectivity index (χ4n) is 2.81. The van der Waals surface area contributed by atoms with Gasteiger partial charge < -0.3 is 9.73 Å². The maximum absolute atomic E-state index is 13.4. The number of hydrogen-bond donors (Lipinski definition) is 1. The van der Waals surface area contributed by atoms with Crippen molar-refractivity contribution in [3.05, 3.63) is 46.4 Å². The van der Waals surface area contributed by atoms with Gasteiger partial charge in [-0.3, -0.25) is 9.69 Å². The van der Waals surface area contributed by atoms with E-state index < -0.39 is 0 Å². The van der Waals surface area contributed by atoms with Crippen molar-refractivity contribution in [2.45, 2.75) is 33.2 Å². The van der Waals surface area contributed by atoms with Crippen molar-refractivity contribution in [1.29, 1.82) is 0 Å². The fourth-order valence-corrected chi connectivity index (χ4v) is 3.80. The third-order valence-electron chi connectivity index (χ3n) is 4.40. The summed E-state index contributed by atoms with van der Waals surface area (Å²) in [4.78, 5) is 23.4. The van der Waals surface area contributed by atoms with Crippen LogP contribution in [-0.4, -0.2) is 45.9 Å². The number of thiazole rings is 1. The summed E-state index contributed by atoms with van der Waals surface area (Å²) in [5.74, 6) is 0.440. The lowest BCUT2D eigenvalue weighted by atomic mass is 10.1. The molecule has 0 saturated carbocycles. The standard InChI is InChI=1S/C21H24ClFN4O2S/c1-4-27(12-22)10-9-17-26-18(14-5-7-15(23)8-6-14)19(29-17)16-11-30-21(25-16)20(28)24-13(2)3/h5-8,11,13H,4,9-10,12H2,1-3H3,(H,24,28). The van der Waals surface area contributed by atoms with E-state index in [2.05, 4.69) is 20.2 Å². The largest absolute Gasteiger partial charge is 0.438 e. The number of carbonyl (C=O) groups excluding carboxylic acids is 1. The summed E-state index contributed by atoms with van der Waals surface area (Å²) in [6, 6.07) is 6.49. The molecule has 3 aromatic rings. The molecular weight excluding hydrogens is 427 g/mol. The Kier molecular flexibility index (Phi) is 7.58. The van der Waals surface area contributed by atoms with E-state index in [4.69, 9.17) is 16.0 Å². The van der Waals surface area contributed by atoms with Gasteiger partial charge in [-0.1, -0.05) is 6.92 Å². The zero-order valence-corrected chi connectivity index (χ0v) is 18.7. The first-order valence-corrected chi connectivity index (χ1v) is 11.1. The maximum atomic E-state index is 13.4. The highest BCUT2D eigenvalue weighted by Gasteiger charge is 2.21. The van der Waals surface area contributed by atoms with Crippen molar-refractivity contribution in [2.75, 3.05) is 19.1 Å². The molecule has 0 spiro atoms. The number of nitrogens with zero attached hydrogens (tertiary/aromatic N) is 3. The van der Waals surface area contributed by atoms with Crippen molar-refractivity contribution < 1.29 is 13.6 Å². The van der Waals surface area contributed by atoms with Crippen molar-refractivity contribution in [3.63, 3.8) is 0 Å². The molecule has 0 aliphatic carbocycles.